The maximum absolute atomic E-state index is 6.04. The van der Waals surface area contributed by atoms with Gasteiger partial charge in [-0.1, -0.05) is 12.1 Å². The van der Waals surface area contributed by atoms with Crippen molar-refractivity contribution in [3.8, 4) is 0 Å². The topological polar surface area (TPSA) is 42.1 Å². The number of hydrogen-bond donors (Lipinski definition) is 1. The van der Waals surface area contributed by atoms with Crippen molar-refractivity contribution in [1.82, 2.24) is 9.88 Å². The molecule has 88 valence electrons. The summed E-state index contributed by atoms with van der Waals surface area (Å²) in [5, 5.41) is 0. The summed E-state index contributed by atoms with van der Waals surface area (Å²) >= 11 is 1.72. The fourth-order valence-corrected chi connectivity index (χ4v) is 2.97. The van der Waals surface area contributed by atoms with E-state index in [9.17, 15) is 0 Å². The predicted molar refractivity (Wildman–Crippen MR) is 70.8 cm³/mol. The number of nitrogen functional groups attached to an aromatic ring is 1. The largest absolute Gasteiger partial charge is 0.398 e. The molecule has 2 N–H and O–H groups in total. The fraction of sp³-hybridized carbons (Fsp3) is 0.308. The van der Waals surface area contributed by atoms with E-state index in [1.165, 1.54) is 16.0 Å². The van der Waals surface area contributed by atoms with Crippen LogP contribution in [0.4, 0.5) is 5.69 Å². The number of thiazole rings is 1. The molecular formula is C13H15N3S. The first-order chi connectivity index (χ1) is 8.33. The number of hydrogen-bond acceptors (Lipinski definition) is 4. The second-order valence-corrected chi connectivity index (χ2v) is 5.38. The Kier molecular flexibility index (Phi) is 2.82. The Labute approximate surface area is 105 Å². The van der Waals surface area contributed by atoms with Crippen LogP contribution >= 0.6 is 11.3 Å². The van der Waals surface area contributed by atoms with Gasteiger partial charge in [0.2, 0.25) is 0 Å². The quantitative estimate of drug-likeness (QED) is 0.825. The summed E-state index contributed by atoms with van der Waals surface area (Å²) in [6.07, 6.45) is 3.05. The fourth-order valence-electron chi connectivity index (χ4n) is 2.34. The van der Waals surface area contributed by atoms with E-state index in [-0.39, 0.29) is 0 Å². The van der Waals surface area contributed by atoms with Crippen molar-refractivity contribution in [2.24, 2.45) is 0 Å². The zero-order valence-electron chi connectivity index (χ0n) is 9.60. The molecule has 3 nitrogen and oxygen atoms in total. The molecule has 17 heavy (non-hydrogen) atoms. The van der Waals surface area contributed by atoms with Crippen LogP contribution in [0, 0.1) is 0 Å². The van der Waals surface area contributed by atoms with Gasteiger partial charge in [-0.2, -0.15) is 0 Å². The van der Waals surface area contributed by atoms with E-state index >= 15 is 0 Å². The van der Waals surface area contributed by atoms with Gasteiger partial charge in [0.15, 0.2) is 0 Å². The molecule has 0 atom stereocenters. The van der Waals surface area contributed by atoms with Gasteiger partial charge in [0.05, 0.1) is 5.51 Å². The molecule has 1 aliphatic heterocycles. The summed E-state index contributed by atoms with van der Waals surface area (Å²) < 4.78 is 0. The molecule has 0 bridgehead atoms. The predicted octanol–water partition coefficient (Wildman–Crippen LogP) is 2.28. The molecule has 1 aromatic carbocycles. The number of rotatable bonds is 2. The third-order valence-electron chi connectivity index (χ3n) is 3.25. The van der Waals surface area contributed by atoms with Crippen LogP contribution in [-0.4, -0.2) is 16.4 Å². The highest BCUT2D eigenvalue weighted by atomic mass is 32.1. The second kappa shape index (κ2) is 4.47. The minimum Gasteiger partial charge on any atom is -0.398 e. The van der Waals surface area contributed by atoms with Crippen molar-refractivity contribution in [2.45, 2.75) is 19.5 Å². The summed E-state index contributed by atoms with van der Waals surface area (Å²) in [7, 11) is 0. The molecule has 0 radical (unpaired) electrons. The van der Waals surface area contributed by atoms with Gasteiger partial charge in [0.1, 0.15) is 0 Å². The van der Waals surface area contributed by atoms with Crippen LogP contribution in [-0.2, 0) is 19.5 Å². The molecule has 0 saturated carbocycles. The lowest BCUT2D eigenvalue weighted by Gasteiger charge is -2.29. The molecule has 1 aliphatic rings. The highest BCUT2D eigenvalue weighted by molar-refractivity contribution is 7.09. The molecule has 4 heteroatoms. The lowest BCUT2D eigenvalue weighted by molar-refractivity contribution is 0.248. The van der Waals surface area contributed by atoms with Crippen LogP contribution in [0.5, 0.6) is 0 Å². The van der Waals surface area contributed by atoms with Gasteiger partial charge in [-0.25, -0.2) is 0 Å². The standard InChI is InChI=1S/C13H15N3S/c14-13-3-1-2-10-4-5-16(8-12(10)13)7-11-6-15-9-17-11/h1-3,6,9H,4-5,7-8,14H2. The van der Waals surface area contributed by atoms with Crippen molar-refractivity contribution in [1.29, 1.82) is 0 Å². The molecule has 3 rings (SSSR count). The zero-order valence-corrected chi connectivity index (χ0v) is 10.4. The van der Waals surface area contributed by atoms with Crippen molar-refractivity contribution in [2.75, 3.05) is 12.3 Å². The Balaban J connectivity index is 1.78. The van der Waals surface area contributed by atoms with Crippen LogP contribution in [0.15, 0.2) is 29.9 Å². The number of anilines is 1. The SMILES string of the molecule is Nc1cccc2c1CN(Cc1cncs1)CC2. The van der Waals surface area contributed by atoms with Crippen molar-refractivity contribution in [3.63, 3.8) is 0 Å². The van der Waals surface area contributed by atoms with Gasteiger partial charge in [0.25, 0.3) is 0 Å². The zero-order chi connectivity index (χ0) is 11.7. The number of nitrogens with two attached hydrogens (primary N) is 1. The summed E-state index contributed by atoms with van der Waals surface area (Å²) in [5.41, 5.74) is 11.6. The van der Waals surface area contributed by atoms with E-state index in [0.29, 0.717) is 0 Å². The van der Waals surface area contributed by atoms with Crippen LogP contribution in [0.1, 0.15) is 16.0 Å². The van der Waals surface area contributed by atoms with Gasteiger partial charge in [-0.15, -0.1) is 11.3 Å². The van der Waals surface area contributed by atoms with Crippen molar-refractivity contribution in [3.05, 3.63) is 45.9 Å². The van der Waals surface area contributed by atoms with E-state index in [0.717, 1.165) is 31.7 Å². The maximum Gasteiger partial charge on any atom is 0.0794 e. The average molecular weight is 245 g/mol. The highest BCUT2D eigenvalue weighted by Gasteiger charge is 2.18. The normalized spacial score (nSPS) is 15.8. The molecule has 1 aromatic heterocycles. The average Bonchev–Trinajstić information content (AvgIpc) is 2.83. The van der Waals surface area contributed by atoms with E-state index in [1.54, 1.807) is 11.3 Å². The van der Waals surface area contributed by atoms with Gasteiger partial charge >= 0.3 is 0 Å². The Morgan fingerprint density at radius 1 is 1.41 bits per heavy atom. The third kappa shape index (κ3) is 2.18. The second-order valence-electron chi connectivity index (χ2n) is 4.41. The summed E-state index contributed by atoms with van der Waals surface area (Å²) in [5.74, 6) is 0. The molecule has 0 aliphatic carbocycles. The number of fused-ring (bicyclic) bond motifs is 1. The number of benzene rings is 1. The third-order valence-corrected chi connectivity index (χ3v) is 4.02. The Morgan fingerprint density at radius 3 is 3.18 bits per heavy atom. The number of aromatic nitrogens is 1. The Hall–Kier alpha value is -1.39. The smallest absolute Gasteiger partial charge is 0.0794 e. The summed E-state index contributed by atoms with van der Waals surface area (Å²) in [6, 6.07) is 6.23. The van der Waals surface area contributed by atoms with Gasteiger partial charge in [-0.05, 0) is 23.6 Å². The van der Waals surface area contributed by atoms with E-state index in [4.69, 9.17) is 5.73 Å². The van der Waals surface area contributed by atoms with Crippen LogP contribution in [0.2, 0.25) is 0 Å². The first-order valence-electron chi connectivity index (χ1n) is 5.79. The lowest BCUT2D eigenvalue weighted by atomic mass is 9.98. The number of nitrogens with zero attached hydrogens (tertiary/aromatic N) is 2. The molecular weight excluding hydrogens is 230 g/mol. The maximum atomic E-state index is 6.04. The van der Waals surface area contributed by atoms with Crippen LogP contribution < -0.4 is 5.73 Å². The first-order valence-corrected chi connectivity index (χ1v) is 6.67. The molecule has 0 unspecified atom stereocenters. The first kappa shape index (κ1) is 10.7. The Morgan fingerprint density at radius 2 is 2.35 bits per heavy atom. The van der Waals surface area contributed by atoms with Gasteiger partial charge in [0, 0.05) is 36.4 Å². The van der Waals surface area contributed by atoms with Gasteiger partial charge < -0.3 is 5.73 Å². The molecule has 0 spiro atoms. The van der Waals surface area contributed by atoms with E-state index in [1.807, 2.05) is 23.8 Å². The lowest BCUT2D eigenvalue weighted by Crippen LogP contribution is -2.30. The van der Waals surface area contributed by atoms with Crippen molar-refractivity contribution >= 4 is 17.0 Å². The van der Waals surface area contributed by atoms with E-state index < -0.39 is 0 Å². The molecule has 0 saturated heterocycles. The minimum absolute atomic E-state index is 0.927. The summed E-state index contributed by atoms with van der Waals surface area (Å²) in [4.78, 5) is 7.88. The van der Waals surface area contributed by atoms with Gasteiger partial charge in [-0.3, -0.25) is 9.88 Å². The molecule has 2 heterocycles. The molecule has 2 aromatic rings. The minimum atomic E-state index is 0.927. The molecule has 0 amide bonds. The Bertz CT molecular complexity index is 507. The monoisotopic (exact) mass is 245 g/mol. The van der Waals surface area contributed by atoms with Crippen LogP contribution in [0.3, 0.4) is 0 Å². The van der Waals surface area contributed by atoms with E-state index in [2.05, 4.69) is 16.0 Å². The summed E-state index contributed by atoms with van der Waals surface area (Å²) in [6.45, 7) is 3.05. The molecule has 0 fully saturated rings. The highest BCUT2D eigenvalue weighted by Crippen LogP contribution is 2.25. The van der Waals surface area contributed by atoms with Crippen LogP contribution in [0.25, 0.3) is 0 Å². The van der Waals surface area contributed by atoms with Crippen molar-refractivity contribution < 1.29 is 0 Å².